The lowest BCUT2D eigenvalue weighted by molar-refractivity contribution is 0.112. The first-order chi connectivity index (χ1) is 9.72. The maximum absolute atomic E-state index is 11.5. The van der Waals surface area contributed by atoms with E-state index in [4.69, 9.17) is 0 Å². The highest BCUT2D eigenvalue weighted by molar-refractivity contribution is 6.05. The lowest BCUT2D eigenvalue weighted by atomic mass is 9.99. The van der Waals surface area contributed by atoms with Gasteiger partial charge in [0.05, 0.1) is 16.9 Å². The molecule has 0 aliphatic rings. The van der Waals surface area contributed by atoms with Crippen molar-refractivity contribution in [3.63, 3.8) is 0 Å². The standard InChI is InChI=1S/C17H16N2O/c1-11(2)12-6-5-7-13-14(10-20)17(19-16(12)13)15-8-3-4-9-18-15/h3-11,19H,1-2H3. The smallest absolute Gasteiger partial charge is 0.152 e. The minimum absolute atomic E-state index is 0.397. The number of aromatic nitrogens is 2. The highest BCUT2D eigenvalue weighted by atomic mass is 16.1. The van der Waals surface area contributed by atoms with Crippen molar-refractivity contribution in [2.45, 2.75) is 19.8 Å². The number of benzene rings is 1. The molecule has 0 atom stereocenters. The highest BCUT2D eigenvalue weighted by Gasteiger charge is 2.16. The van der Waals surface area contributed by atoms with Crippen molar-refractivity contribution in [3.05, 3.63) is 53.7 Å². The molecule has 100 valence electrons. The zero-order chi connectivity index (χ0) is 14.1. The third-order valence-corrected chi connectivity index (χ3v) is 3.57. The fourth-order valence-corrected chi connectivity index (χ4v) is 2.58. The lowest BCUT2D eigenvalue weighted by Gasteiger charge is -2.06. The Bertz CT molecular complexity index is 757. The summed E-state index contributed by atoms with van der Waals surface area (Å²) in [6, 6.07) is 11.8. The van der Waals surface area contributed by atoms with Crippen molar-refractivity contribution < 1.29 is 4.79 Å². The molecule has 3 heteroatoms. The molecular formula is C17H16N2O. The van der Waals surface area contributed by atoms with Gasteiger partial charge in [0.2, 0.25) is 0 Å². The third kappa shape index (κ3) is 1.92. The van der Waals surface area contributed by atoms with E-state index in [9.17, 15) is 4.79 Å². The second-order valence-corrected chi connectivity index (χ2v) is 5.17. The number of para-hydroxylation sites is 1. The average molecular weight is 264 g/mol. The molecule has 0 fully saturated rings. The molecule has 2 heterocycles. The van der Waals surface area contributed by atoms with Gasteiger partial charge in [0.25, 0.3) is 0 Å². The van der Waals surface area contributed by atoms with Crippen LogP contribution in [0.1, 0.15) is 35.7 Å². The number of aromatic amines is 1. The molecule has 0 unspecified atom stereocenters. The molecule has 0 bridgehead atoms. The van der Waals surface area contributed by atoms with Gasteiger partial charge in [-0.2, -0.15) is 0 Å². The van der Waals surface area contributed by atoms with E-state index in [1.165, 1.54) is 5.56 Å². The zero-order valence-corrected chi connectivity index (χ0v) is 11.6. The topological polar surface area (TPSA) is 45.8 Å². The van der Waals surface area contributed by atoms with Crippen molar-refractivity contribution in [2.75, 3.05) is 0 Å². The molecule has 0 aliphatic carbocycles. The average Bonchev–Trinajstić information content (AvgIpc) is 2.86. The number of rotatable bonds is 3. The molecule has 0 saturated heterocycles. The number of fused-ring (bicyclic) bond motifs is 1. The molecule has 1 N–H and O–H groups in total. The molecule has 3 aromatic rings. The number of hydrogen-bond donors (Lipinski definition) is 1. The third-order valence-electron chi connectivity index (χ3n) is 3.57. The number of carbonyl (C=O) groups excluding carboxylic acids is 1. The van der Waals surface area contributed by atoms with E-state index in [-0.39, 0.29) is 0 Å². The van der Waals surface area contributed by atoms with E-state index in [0.29, 0.717) is 11.5 Å². The van der Waals surface area contributed by atoms with Crippen LogP contribution in [0.5, 0.6) is 0 Å². The first kappa shape index (κ1) is 12.6. The molecular weight excluding hydrogens is 248 g/mol. The zero-order valence-electron chi connectivity index (χ0n) is 11.6. The summed E-state index contributed by atoms with van der Waals surface area (Å²) < 4.78 is 0. The molecule has 0 amide bonds. The molecule has 0 spiro atoms. The van der Waals surface area contributed by atoms with Crippen LogP contribution >= 0.6 is 0 Å². The summed E-state index contributed by atoms with van der Waals surface area (Å²) in [6.07, 6.45) is 2.64. The van der Waals surface area contributed by atoms with Gasteiger partial charge < -0.3 is 4.98 Å². The predicted octanol–water partition coefficient (Wildman–Crippen LogP) is 4.17. The maximum Gasteiger partial charge on any atom is 0.152 e. The summed E-state index contributed by atoms with van der Waals surface area (Å²) in [5.74, 6) is 0.397. The molecule has 2 aromatic heterocycles. The molecule has 20 heavy (non-hydrogen) atoms. The van der Waals surface area contributed by atoms with E-state index < -0.39 is 0 Å². The van der Waals surface area contributed by atoms with Crippen LogP contribution in [-0.2, 0) is 0 Å². The van der Waals surface area contributed by atoms with Crippen molar-refractivity contribution in [1.82, 2.24) is 9.97 Å². The molecule has 0 radical (unpaired) electrons. The van der Waals surface area contributed by atoms with Crippen molar-refractivity contribution in [1.29, 1.82) is 0 Å². The monoisotopic (exact) mass is 264 g/mol. The van der Waals surface area contributed by atoms with Crippen molar-refractivity contribution in [3.8, 4) is 11.4 Å². The molecule has 3 nitrogen and oxygen atoms in total. The SMILES string of the molecule is CC(C)c1cccc2c(C=O)c(-c3ccccn3)[nH]c12. The molecule has 1 aromatic carbocycles. The Kier molecular flexibility index (Phi) is 3.11. The summed E-state index contributed by atoms with van der Waals surface area (Å²) in [4.78, 5) is 19.2. The summed E-state index contributed by atoms with van der Waals surface area (Å²) in [6.45, 7) is 4.30. The van der Waals surface area contributed by atoms with E-state index >= 15 is 0 Å². The van der Waals surface area contributed by atoms with Gasteiger partial charge in [-0.15, -0.1) is 0 Å². The highest BCUT2D eigenvalue weighted by Crippen LogP contribution is 2.32. The fraction of sp³-hybridized carbons (Fsp3) is 0.176. The van der Waals surface area contributed by atoms with Crippen molar-refractivity contribution >= 4 is 17.2 Å². The summed E-state index contributed by atoms with van der Waals surface area (Å²) in [5, 5.41) is 0.965. The number of pyridine rings is 1. The maximum atomic E-state index is 11.5. The van der Waals surface area contributed by atoms with Crippen LogP contribution in [0.2, 0.25) is 0 Å². The van der Waals surface area contributed by atoms with Crippen LogP contribution in [0.3, 0.4) is 0 Å². The Hall–Kier alpha value is -2.42. The fourth-order valence-electron chi connectivity index (χ4n) is 2.58. The largest absolute Gasteiger partial charge is 0.352 e. The minimum atomic E-state index is 0.397. The second-order valence-electron chi connectivity index (χ2n) is 5.17. The summed E-state index contributed by atoms with van der Waals surface area (Å²) >= 11 is 0. The van der Waals surface area contributed by atoms with Crippen LogP contribution in [0.4, 0.5) is 0 Å². The van der Waals surface area contributed by atoms with Gasteiger partial charge in [-0.05, 0) is 23.6 Å². The second kappa shape index (κ2) is 4.93. The van der Waals surface area contributed by atoms with Gasteiger partial charge in [0, 0.05) is 17.1 Å². The van der Waals surface area contributed by atoms with Crippen molar-refractivity contribution in [2.24, 2.45) is 0 Å². The van der Waals surface area contributed by atoms with Gasteiger partial charge in [-0.1, -0.05) is 38.1 Å². The Labute approximate surface area is 117 Å². The summed E-state index contributed by atoms with van der Waals surface area (Å²) in [7, 11) is 0. The van der Waals surface area contributed by atoms with Gasteiger partial charge in [0.15, 0.2) is 6.29 Å². The quantitative estimate of drug-likeness (QED) is 0.722. The first-order valence-electron chi connectivity index (χ1n) is 6.73. The Balaban J connectivity index is 2.34. The van der Waals surface area contributed by atoms with Crippen LogP contribution in [0, 0.1) is 0 Å². The van der Waals surface area contributed by atoms with Crippen LogP contribution < -0.4 is 0 Å². The van der Waals surface area contributed by atoms with E-state index in [2.05, 4.69) is 29.9 Å². The number of H-pyrrole nitrogens is 1. The Morgan fingerprint density at radius 3 is 2.65 bits per heavy atom. The molecule has 0 saturated carbocycles. The van der Waals surface area contributed by atoms with Crippen LogP contribution in [0.25, 0.3) is 22.3 Å². The number of hydrogen-bond acceptors (Lipinski definition) is 2. The van der Waals surface area contributed by atoms with E-state index in [0.717, 1.165) is 28.6 Å². The van der Waals surface area contributed by atoms with Crippen LogP contribution in [-0.4, -0.2) is 16.3 Å². The molecule has 0 aliphatic heterocycles. The van der Waals surface area contributed by atoms with Crippen LogP contribution in [0.15, 0.2) is 42.6 Å². The first-order valence-corrected chi connectivity index (χ1v) is 6.73. The van der Waals surface area contributed by atoms with E-state index in [1.54, 1.807) is 6.20 Å². The van der Waals surface area contributed by atoms with Gasteiger partial charge in [-0.3, -0.25) is 9.78 Å². The van der Waals surface area contributed by atoms with Gasteiger partial charge >= 0.3 is 0 Å². The minimum Gasteiger partial charge on any atom is -0.352 e. The molecule has 3 rings (SSSR count). The predicted molar refractivity (Wildman–Crippen MR) is 81.0 cm³/mol. The summed E-state index contributed by atoms with van der Waals surface area (Å²) in [5.41, 5.74) is 4.52. The normalized spacial score (nSPS) is 11.2. The lowest BCUT2D eigenvalue weighted by Crippen LogP contribution is -1.88. The number of nitrogens with one attached hydrogen (secondary N) is 1. The van der Waals surface area contributed by atoms with E-state index in [1.807, 2.05) is 30.3 Å². The number of nitrogens with zero attached hydrogens (tertiary/aromatic N) is 1. The van der Waals surface area contributed by atoms with Gasteiger partial charge in [-0.25, -0.2) is 0 Å². The number of carbonyl (C=O) groups is 1. The number of aldehydes is 1. The Morgan fingerprint density at radius 1 is 1.15 bits per heavy atom. The Morgan fingerprint density at radius 2 is 2.00 bits per heavy atom. The van der Waals surface area contributed by atoms with Gasteiger partial charge in [0.1, 0.15) is 0 Å².